The SMILES string of the molecule is CSC1=CC2=C(CC1N)OCCO2. The first kappa shape index (κ1) is 8.97. The molecule has 0 saturated carbocycles. The van der Waals surface area contributed by atoms with Crippen LogP contribution in [0.3, 0.4) is 0 Å². The van der Waals surface area contributed by atoms with Crippen LogP contribution in [0.2, 0.25) is 0 Å². The molecule has 0 aromatic carbocycles. The van der Waals surface area contributed by atoms with E-state index in [4.69, 9.17) is 15.2 Å². The molecule has 2 N–H and O–H groups in total. The van der Waals surface area contributed by atoms with Crippen LogP contribution in [0.25, 0.3) is 0 Å². The van der Waals surface area contributed by atoms with Gasteiger partial charge in [0, 0.05) is 17.4 Å². The van der Waals surface area contributed by atoms with Crippen molar-refractivity contribution in [2.75, 3.05) is 19.5 Å². The Morgan fingerprint density at radius 2 is 2.23 bits per heavy atom. The summed E-state index contributed by atoms with van der Waals surface area (Å²) in [5.74, 6) is 1.79. The van der Waals surface area contributed by atoms with Crippen LogP contribution >= 0.6 is 11.8 Å². The fourth-order valence-corrected chi connectivity index (χ4v) is 2.11. The zero-order chi connectivity index (χ0) is 9.26. The summed E-state index contributed by atoms with van der Waals surface area (Å²) >= 11 is 1.68. The molecule has 2 aliphatic rings. The Balaban J connectivity index is 2.24. The van der Waals surface area contributed by atoms with Crippen molar-refractivity contribution in [3.63, 3.8) is 0 Å². The molecule has 1 unspecified atom stereocenters. The van der Waals surface area contributed by atoms with Gasteiger partial charge >= 0.3 is 0 Å². The van der Waals surface area contributed by atoms with Crippen LogP contribution in [0.15, 0.2) is 22.5 Å². The normalized spacial score (nSPS) is 27.2. The third-order valence-electron chi connectivity index (χ3n) is 2.17. The molecule has 2 rings (SSSR count). The van der Waals surface area contributed by atoms with Gasteiger partial charge in [-0.05, 0) is 12.3 Å². The second-order valence-corrected chi connectivity index (χ2v) is 3.93. The maximum Gasteiger partial charge on any atom is 0.157 e. The molecule has 0 fully saturated rings. The molecule has 13 heavy (non-hydrogen) atoms. The first-order chi connectivity index (χ1) is 6.31. The molecule has 1 aliphatic heterocycles. The van der Waals surface area contributed by atoms with Crippen LogP contribution in [-0.2, 0) is 9.47 Å². The molecule has 1 aliphatic carbocycles. The number of hydrogen-bond donors (Lipinski definition) is 1. The van der Waals surface area contributed by atoms with Crippen LogP contribution in [0.4, 0.5) is 0 Å². The number of allylic oxidation sites excluding steroid dienone is 1. The maximum absolute atomic E-state index is 5.94. The van der Waals surface area contributed by atoms with Gasteiger partial charge in [-0.15, -0.1) is 11.8 Å². The quantitative estimate of drug-likeness (QED) is 0.689. The highest BCUT2D eigenvalue weighted by molar-refractivity contribution is 8.02. The zero-order valence-corrected chi connectivity index (χ0v) is 8.39. The average molecular weight is 199 g/mol. The van der Waals surface area contributed by atoms with E-state index in [1.807, 2.05) is 12.3 Å². The van der Waals surface area contributed by atoms with Gasteiger partial charge in [0.15, 0.2) is 5.76 Å². The van der Waals surface area contributed by atoms with Gasteiger partial charge in [0.05, 0.1) is 0 Å². The van der Waals surface area contributed by atoms with Crippen molar-refractivity contribution in [3.05, 3.63) is 22.5 Å². The predicted molar refractivity (Wildman–Crippen MR) is 53.1 cm³/mol. The number of hydrogen-bond acceptors (Lipinski definition) is 4. The summed E-state index contributed by atoms with van der Waals surface area (Å²) < 4.78 is 10.9. The van der Waals surface area contributed by atoms with Crippen molar-refractivity contribution in [3.8, 4) is 0 Å². The summed E-state index contributed by atoms with van der Waals surface area (Å²) in [5.41, 5.74) is 5.94. The predicted octanol–water partition coefficient (Wildman–Crippen LogP) is 1.22. The second kappa shape index (κ2) is 3.64. The standard InChI is InChI=1S/C9H13NO2S/c1-13-9-5-8-7(4-6(9)10)11-2-3-12-8/h5-6H,2-4,10H2,1H3. The molecular weight excluding hydrogens is 186 g/mol. The van der Waals surface area contributed by atoms with Crippen LogP contribution < -0.4 is 5.73 Å². The molecule has 0 aromatic rings. The minimum absolute atomic E-state index is 0.0791. The van der Waals surface area contributed by atoms with E-state index in [1.165, 1.54) is 4.91 Å². The lowest BCUT2D eigenvalue weighted by atomic mass is 10.1. The van der Waals surface area contributed by atoms with Crippen molar-refractivity contribution in [1.29, 1.82) is 0 Å². The summed E-state index contributed by atoms with van der Waals surface area (Å²) in [6.45, 7) is 1.29. The average Bonchev–Trinajstić information content (AvgIpc) is 2.17. The molecule has 72 valence electrons. The monoisotopic (exact) mass is 199 g/mol. The molecule has 0 radical (unpaired) electrons. The summed E-state index contributed by atoms with van der Waals surface area (Å²) in [7, 11) is 0. The Morgan fingerprint density at radius 3 is 3.00 bits per heavy atom. The third kappa shape index (κ3) is 1.69. The number of nitrogens with two attached hydrogens (primary N) is 1. The lowest BCUT2D eigenvalue weighted by Crippen LogP contribution is -2.28. The molecule has 0 bridgehead atoms. The van der Waals surface area contributed by atoms with Gasteiger partial charge in [-0.1, -0.05) is 0 Å². The molecule has 1 atom stereocenters. The summed E-state index contributed by atoms with van der Waals surface area (Å²) in [6.07, 6.45) is 4.79. The highest BCUT2D eigenvalue weighted by Crippen LogP contribution is 2.31. The van der Waals surface area contributed by atoms with Gasteiger partial charge in [-0.25, -0.2) is 0 Å². The van der Waals surface area contributed by atoms with Crippen molar-refractivity contribution in [1.82, 2.24) is 0 Å². The number of thioether (sulfide) groups is 1. The van der Waals surface area contributed by atoms with Crippen LogP contribution in [0, 0.1) is 0 Å². The molecular formula is C9H13NO2S. The first-order valence-electron chi connectivity index (χ1n) is 4.31. The summed E-state index contributed by atoms with van der Waals surface area (Å²) in [4.78, 5) is 1.17. The van der Waals surface area contributed by atoms with E-state index in [-0.39, 0.29) is 6.04 Å². The van der Waals surface area contributed by atoms with Crippen molar-refractivity contribution < 1.29 is 9.47 Å². The Kier molecular flexibility index (Phi) is 2.51. The largest absolute Gasteiger partial charge is 0.490 e. The highest BCUT2D eigenvalue weighted by Gasteiger charge is 2.24. The van der Waals surface area contributed by atoms with Crippen molar-refractivity contribution in [2.24, 2.45) is 5.73 Å². The van der Waals surface area contributed by atoms with Crippen LogP contribution in [-0.4, -0.2) is 25.5 Å². The minimum Gasteiger partial charge on any atom is -0.490 e. The first-order valence-corrected chi connectivity index (χ1v) is 5.53. The molecule has 0 spiro atoms. The molecule has 0 aromatic heterocycles. The van der Waals surface area contributed by atoms with Gasteiger partial charge in [-0.3, -0.25) is 0 Å². The smallest absolute Gasteiger partial charge is 0.157 e. The van der Waals surface area contributed by atoms with Gasteiger partial charge in [0.1, 0.15) is 19.0 Å². The van der Waals surface area contributed by atoms with E-state index in [0.717, 1.165) is 17.9 Å². The molecule has 4 heteroatoms. The van der Waals surface area contributed by atoms with Crippen molar-refractivity contribution in [2.45, 2.75) is 12.5 Å². The Morgan fingerprint density at radius 1 is 1.46 bits per heavy atom. The highest BCUT2D eigenvalue weighted by atomic mass is 32.2. The zero-order valence-electron chi connectivity index (χ0n) is 7.58. The molecule has 0 saturated heterocycles. The van der Waals surface area contributed by atoms with Gasteiger partial charge in [-0.2, -0.15) is 0 Å². The van der Waals surface area contributed by atoms with Gasteiger partial charge in [0.25, 0.3) is 0 Å². The third-order valence-corrected chi connectivity index (χ3v) is 3.06. The van der Waals surface area contributed by atoms with Gasteiger partial charge in [0.2, 0.25) is 0 Å². The Bertz CT molecular complexity index is 273. The van der Waals surface area contributed by atoms with E-state index in [1.54, 1.807) is 11.8 Å². The maximum atomic E-state index is 5.94. The van der Waals surface area contributed by atoms with Gasteiger partial charge < -0.3 is 15.2 Å². The van der Waals surface area contributed by atoms with Crippen LogP contribution in [0.1, 0.15) is 6.42 Å². The van der Waals surface area contributed by atoms with Crippen LogP contribution in [0.5, 0.6) is 0 Å². The van der Waals surface area contributed by atoms with E-state index in [2.05, 4.69) is 0 Å². The van der Waals surface area contributed by atoms with E-state index in [9.17, 15) is 0 Å². The van der Waals surface area contributed by atoms with E-state index in [0.29, 0.717) is 13.2 Å². The Hall–Kier alpha value is -0.610. The van der Waals surface area contributed by atoms with E-state index < -0.39 is 0 Å². The fraction of sp³-hybridized carbons (Fsp3) is 0.556. The second-order valence-electron chi connectivity index (χ2n) is 3.05. The summed E-state index contributed by atoms with van der Waals surface area (Å²) in [5, 5.41) is 0. The topological polar surface area (TPSA) is 44.5 Å². The summed E-state index contributed by atoms with van der Waals surface area (Å²) in [6, 6.07) is 0.0791. The lowest BCUT2D eigenvalue weighted by Gasteiger charge is -2.27. The number of rotatable bonds is 1. The molecule has 0 amide bonds. The lowest BCUT2D eigenvalue weighted by molar-refractivity contribution is 0.0616. The Labute approximate surface area is 82.0 Å². The minimum atomic E-state index is 0.0791. The molecule has 3 nitrogen and oxygen atoms in total. The fourth-order valence-electron chi connectivity index (χ4n) is 1.50. The number of ether oxygens (including phenoxy) is 2. The molecule has 1 heterocycles. The van der Waals surface area contributed by atoms with Crippen molar-refractivity contribution >= 4 is 11.8 Å². The van der Waals surface area contributed by atoms with E-state index >= 15 is 0 Å².